The number of likely N-dealkylation sites (tertiary alicyclic amines) is 2. The van der Waals surface area contributed by atoms with Gasteiger partial charge in [-0.3, -0.25) is 4.90 Å². The standard InChI is InChI=1S/C13H24N2/c1-11(2,3)15-9-12-5-6-14(4)8-13(12,7-12)10-15/h5-10H2,1-4H3. The van der Waals surface area contributed by atoms with Gasteiger partial charge in [-0.05, 0) is 52.6 Å². The number of hydrogen-bond acceptors (Lipinski definition) is 2. The van der Waals surface area contributed by atoms with Crippen molar-refractivity contribution in [2.75, 3.05) is 33.2 Å². The van der Waals surface area contributed by atoms with Crippen LogP contribution < -0.4 is 0 Å². The van der Waals surface area contributed by atoms with Gasteiger partial charge in [0.2, 0.25) is 0 Å². The number of rotatable bonds is 0. The van der Waals surface area contributed by atoms with Crippen LogP contribution in [0.5, 0.6) is 0 Å². The van der Waals surface area contributed by atoms with E-state index >= 15 is 0 Å². The summed E-state index contributed by atoms with van der Waals surface area (Å²) < 4.78 is 0. The Morgan fingerprint density at radius 2 is 1.67 bits per heavy atom. The van der Waals surface area contributed by atoms with Crippen molar-refractivity contribution >= 4 is 0 Å². The zero-order valence-electron chi connectivity index (χ0n) is 10.6. The van der Waals surface area contributed by atoms with Crippen molar-refractivity contribution in [3.63, 3.8) is 0 Å². The van der Waals surface area contributed by atoms with E-state index in [4.69, 9.17) is 0 Å². The van der Waals surface area contributed by atoms with Gasteiger partial charge in [0.15, 0.2) is 0 Å². The first-order valence-corrected chi connectivity index (χ1v) is 6.31. The van der Waals surface area contributed by atoms with Crippen molar-refractivity contribution in [3.8, 4) is 0 Å². The number of piperidine rings is 2. The molecule has 0 aromatic rings. The zero-order chi connectivity index (χ0) is 10.9. The molecule has 2 nitrogen and oxygen atoms in total. The van der Waals surface area contributed by atoms with Gasteiger partial charge in [-0.2, -0.15) is 0 Å². The Hall–Kier alpha value is -0.0800. The second kappa shape index (κ2) is 2.60. The molecule has 2 unspecified atom stereocenters. The normalized spacial score (nSPS) is 46.4. The third-order valence-electron chi connectivity index (χ3n) is 5.16. The van der Waals surface area contributed by atoms with Crippen molar-refractivity contribution in [2.24, 2.45) is 10.8 Å². The molecule has 2 aliphatic heterocycles. The molecule has 15 heavy (non-hydrogen) atoms. The van der Waals surface area contributed by atoms with E-state index in [1.54, 1.807) is 0 Å². The maximum Gasteiger partial charge on any atom is 0.0125 e. The summed E-state index contributed by atoms with van der Waals surface area (Å²) in [6, 6.07) is 0. The molecule has 0 spiro atoms. The molecule has 1 aliphatic carbocycles. The van der Waals surface area contributed by atoms with Gasteiger partial charge in [0.05, 0.1) is 0 Å². The van der Waals surface area contributed by atoms with E-state index in [9.17, 15) is 0 Å². The minimum atomic E-state index is 0.371. The molecule has 2 heteroatoms. The van der Waals surface area contributed by atoms with E-state index in [0.29, 0.717) is 11.0 Å². The van der Waals surface area contributed by atoms with E-state index in [1.807, 2.05) is 0 Å². The molecule has 2 heterocycles. The fourth-order valence-electron chi connectivity index (χ4n) is 4.02. The molecule has 3 aliphatic rings. The van der Waals surface area contributed by atoms with Crippen LogP contribution in [0.2, 0.25) is 0 Å². The summed E-state index contributed by atoms with van der Waals surface area (Å²) in [5, 5.41) is 0. The van der Waals surface area contributed by atoms with Gasteiger partial charge in [0.25, 0.3) is 0 Å². The Labute approximate surface area is 93.6 Å². The van der Waals surface area contributed by atoms with Crippen molar-refractivity contribution in [1.29, 1.82) is 0 Å². The van der Waals surface area contributed by atoms with Crippen LogP contribution in [0.4, 0.5) is 0 Å². The highest BCUT2D eigenvalue weighted by molar-refractivity contribution is 5.24. The Bertz CT molecular complexity index is 293. The molecule has 0 aromatic heterocycles. The van der Waals surface area contributed by atoms with Crippen molar-refractivity contribution in [1.82, 2.24) is 9.80 Å². The molecular weight excluding hydrogens is 184 g/mol. The van der Waals surface area contributed by atoms with E-state index in [-0.39, 0.29) is 0 Å². The van der Waals surface area contributed by atoms with Crippen LogP contribution in [0.15, 0.2) is 0 Å². The molecular formula is C13H24N2. The summed E-state index contributed by atoms with van der Waals surface area (Å²) >= 11 is 0. The van der Waals surface area contributed by atoms with Crippen molar-refractivity contribution in [2.45, 2.75) is 39.2 Å². The average molecular weight is 208 g/mol. The van der Waals surface area contributed by atoms with E-state index in [1.165, 1.54) is 39.0 Å². The summed E-state index contributed by atoms with van der Waals surface area (Å²) in [5.41, 5.74) is 1.79. The maximum atomic E-state index is 2.72. The van der Waals surface area contributed by atoms with Crippen LogP contribution in [0.1, 0.15) is 33.6 Å². The van der Waals surface area contributed by atoms with E-state index in [2.05, 4.69) is 37.6 Å². The predicted octanol–water partition coefficient (Wildman–Crippen LogP) is 1.81. The summed E-state index contributed by atoms with van der Waals surface area (Å²) in [6.07, 6.45) is 2.95. The average Bonchev–Trinajstić information content (AvgIpc) is 2.59. The molecule has 86 valence electrons. The van der Waals surface area contributed by atoms with Crippen LogP contribution in [0.3, 0.4) is 0 Å². The largest absolute Gasteiger partial charge is 0.306 e. The first-order chi connectivity index (χ1) is 6.87. The van der Waals surface area contributed by atoms with Gasteiger partial charge in [-0.25, -0.2) is 0 Å². The summed E-state index contributed by atoms with van der Waals surface area (Å²) in [6.45, 7) is 12.5. The highest BCUT2D eigenvalue weighted by Crippen LogP contribution is 2.72. The lowest BCUT2D eigenvalue weighted by Gasteiger charge is -2.34. The van der Waals surface area contributed by atoms with E-state index < -0.39 is 0 Å². The molecule has 2 saturated heterocycles. The molecule has 0 bridgehead atoms. The molecule has 1 saturated carbocycles. The molecule has 0 aromatic carbocycles. The lowest BCUT2D eigenvalue weighted by molar-refractivity contribution is 0.137. The first kappa shape index (κ1) is 10.1. The fraction of sp³-hybridized carbons (Fsp3) is 1.00. The van der Waals surface area contributed by atoms with Crippen molar-refractivity contribution < 1.29 is 0 Å². The zero-order valence-corrected chi connectivity index (χ0v) is 10.6. The second-order valence-electron chi connectivity index (χ2n) is 7.25. The lowest BCUT2D eigenvalue weighted by Crippen LogP contribution is -2.42. The highest BCUT2D eigenvalue weighted by Gasteiger charge is 2.73. The Morgan fingerprint density at radius 1 is 1.00 bits per heavy atom. The summed E-state index contributed by atoms with van der Waals surface area (Å²) in [7, 11) is 2.29. The third-order valence-corrected chi connectivity index (χ3v) is 5.16. The lowest BCUT2D eigenvalue weighted by atomic mass is 9.89. The Balaban J connectivity index is 1.81. The second-order valence-corrected chi connectivity index (χ2v) is 7.25. The van der Waals surface area contributed by atoms with Crippen LogP contribution in [-0.2, 0) is 0 Å². The third kappa shape index (κ3) is 1.24. The maximum absolute atomic E-state index is 2.72. The van der Waals surface area contributed by atoms with Gasteiger partial charge in [0, 0.05) is 30.6 Å². The number of hydrogen-bond donors (Lipinski definition) is 0. The molecule has 3 rings (SSSR count). The van der Waals surface area contributed by atoms with Crippen LogP contribution in [0.25, 0.3) is 0 Å². The van der Waals surface area contributed by atoms with Gasteiger partial charge in [-0.15, -0.1) is 0 Å². The smallest absolute Gasteiger partial charge is 0.0125 e. The van der Waals surface area contributed by atoms with Crippen LogP contribution in [0, 0.1) is 10.8 Å². The van der Waals surface area contributed by atoms with E-state index in [0.717, 1.165) is 5.41 Å². The van der Waals surface area contributed by atoms with Crippen molar-refractivity contribution in [3.05, 3.63) is 0 Å². The SMILES string of the molecule is CN1CCC23CN(C(C)(C)C)CC2(C1)C3. The van der Waals surface area contributed by atoms with Gasteiger partial charge in [0.1, 0.15) is 0 Å². The van der Waals surface area contributed by atoms with Gasteiger partial charge >= 0.3 is 0 Å². The Kier molecular flexibility index (Phi) is 1.75. The fourth-order valence-corrected chi connectivity index (χ4v) is 4.02. The molecule has 0 N–H and O–H groups in total. The Morgan fingerprint density at radius 3 is 2.33 bits per heavy atom. The summed E-state index contributed by atoms with van der Waals surface area (Å²) in [4.78, 5) is 5.26. The number of nitrogens with zero attached hydrogens (tertiary/aromatic N) is 2. The minimum Gasteiger partial charge on any atom is -0.306 e. The molecule has 3 fully saturated rings. The van der Waals surface area contributed by atoms with Gasteiger partial charge in [-0.1, -0.05) is 0 Å². The topological polar surface area (TPSA) is 6.48 Å². The first-order valence-electron chi connectivity index (χ1n) is 6.31. The van der Waals surface area contributed by atoms with Crippen LogP contribution >= 0.6 is 0 Å². The van der Waals surface area contributed by atoms with Gasteiger partial charge < -0.3 is 4.90 Å². The predicted molar refractivity (Wildman–Crippen MR) is 62.9 cm³/mol. The highest BCUT2D eigenvalue weighted by atomic mass is 15.3. The molecule has 0 radical (unpaired) electrons. The molecule has 0 amide bonds. The molecule has 2 atom stereocenters. The monoisotopic (exact) mass is 208 g/mol. The van der Waals surface area contributed by atoms with Crippen LogP contribution in [-0.4, -0.2) is 48.6 Å². The quantitative estimate of drug-likeness (QED) is 0.599. The minimum absolute atomic E-state index is 0.371. The summed E-state index contributed by atoms with van der Waals surface area (Å²) in [5.74, 6) is 0.